The third-order valence-corrected chi connectivity index (χ3v) is 9.33. The second-order valence-corrected chi connectivity index (χ2v) is 14.2. The first-order valence-corrected chi connectivity index (χ1v) is 16.0. The standard InChI is InChI=1S/C32H53N5O7/c1-18(2)22-15-25(29(40)34-23(14-20-12-13-20)26(38)28(33)39)37(16-22)30(41)27(32(4,5)6)36-31(42)35-24(17-44-19(3)43-7)21-10-8-9-11-21/h18,20-25,27H,3,8-17H2,1-2,4-7H3,(H2,33,39)(H,34,40)(H2,35,36,42)/t22-,23?,24-,25?,27?/m1/s1. The maximum absolute atomic E-state index is 14.2. The van der Waals surface area contributed by atoms with Crippen molar-refractivity contribution in [2.45, 2.75) is 110 Å². The highest BCUT2D eigenvalue weighted by Gasteiger charge is 2.46. The number of hydrogen-bond acceptors (Lipinski definition) is 7. The molecule has 1 saturated heterocycles. The van der Waals surface area contributed by atoms with E-state index in [2.05, 4.69) is 22.5 Å². The van der Waals surface area contributed by atoms with E-state index in [-0.39, 0.29) is 48.2 Å². The summed E-state index contributed by atoms with van der Waals surface area (Å²) in [6, 6.07) is -3.63. The van der Waals surface area contributed by atoms with E-state index in [0.717, 1.165) is 38.5 Å². The van der Waals surface area contributed by atoms with E-state index in [1.807, 2.05) is 34.6 Å². The van der Waals surface area contributed by atoms with Crippen molar-refractivity contribution in [2.75, 3.05) is 20.3 Å². The molecule has 5 N–H and O–H groups in total. The van der Waals surface area contributed by atoms with Gasteiger partial charge >= 0.3 is 6.03 Å². The van der Waals surface area contributed by atoms with Crippen LogP contribution in [0.25, 0.3) is 0 Å². The predicted molar refractivity (Wildman–Crippen MR) is 165 cm³/mol. The lowest BCUT2D eigenvalue weighted by atomic mass is 9.85. The summed E-state index contributed by atoms with van der Waals surface area (Å²) in [7, 11) is 1.46. The number of carbonyl (C=O) groups is 5. The van der Waals surface area contributed by atoms with Gasteiger partial charge in [0, 0.05) is 6.54 Å². The lowest BCUT2D eigenvalue weighted by Gasteiger charge is -2.36. The van der Waals surface area contributed by atoms with Crippen LogP contribution < -0.4 is 21.7 Å². The Bertz CT molecular complexity index is 1080. The normalized spacial score (nSPS) is 22.6. The van der Waals surface area contributed by atoms with Crippen LogP contribution in [0.3, 0.4) is 0 Å². The molecule has 0 aromatic heterocycles. The van der Waals surface area contributed by atoms with Crippen LogP contribution in [0.1, 0.15) is 86.0 Å². The van der Waals surface area contributed by atoms with Crippen LogP contribution in [0, 0.1) is 29.1 Å². The summed E-state index contributed by atoms with van der Waals surface area (Å²) in [5.41, 5.74) is 4.59. The fourth-order valence-corrected chi connectivity index (χ4v) is 6.25. The van der Waals surface area contributed by atoms with E-state index < -0.39 is 47.2 Å². The summed E-state index contributed by atoms with van der Waals surface area (Å²) in [4.78, 5) is 67.1. The second-order valence-electron chi connectivity index (χ2n) is 14.2. The summed E-state index contributed by atoms with van der Waals surface area (Å²) in [5, 5.41) is 8.67. The number of amides is 5. The zero-order chi connectivity index (χ0) is 32.8. The smallest absolute Gasteiger partial charge is 0.315 e. The molecule has 5 amide bonds. The summed E-state index contributed by atoms with van der Waals surface area (Å²) >= 11 is 0. The minimum Gasteiger partial charge on any atom is -0.469 e. The zero-order valence-corrected chi connectivity index (χ0v) is 27.3. The monoisotopic (exact) mass is 619 g/mol. The van der Waals surface area contributed by atoms with Crippen LogP contribution >= 0.6 is 0 Å². The number of primary amides is 1. The van der Waals surface area contributed by atoms with E-state index in [0.29, 0.717) is 19.4 Å². The largest absolute Gasteiger partial charge is 0.469 e. The van der Waals surface area contributed by atoms with Gasteiger partial charge in [0.1, 0.15) is 18.7 Å². The zero-order valence-electron chi connectivity index (χ0n) is 27.3. The Morgan fingerprint density at radius 3 is 2.14 bits per heavy atom. The van der Waals surface area contributed by atoms with Crippen molar-refractivity contribution in [3.63, 3.8) is 0 Å². The highest BCUT2D eigenvalue weighted by atomic mass is 16.7. The molecular weight excluding hydrogens is 566 g/mol. The molecule has 1 aliphatic heterocycles. The van der Waals surface area contributed by atoms with Gasteiger partial charge in [0.15, 0.2) is 0 Å². The quantitative estimate of drug-likeness (QED) is 0.161. The van der Waals surface area contributed by atoms with E-state index >= 15 is 0 Å². The molecular formula is C32H53N5O7. The van der Waals surface area contributed by atoms with Crippen molar-refractivity contribution in [3.05, 3.63) is 12.5 Å². The lowest BCUT2D eigenvalue weighted by Crippen LogP contribution is -2.61. The van der Waals surface area contributed by atoms with E-state index in [4.69, 9.17) is 15.2 Å². The minimum atomic E-state index is -1.09. The van der Waals surface area contributed by atoms with Gasteiger partial charge in [-0.05, 0) is 61.3 Å². The third kappa shape index (κ3) is 9.59. The van der Waals surface area contributed by atoms with Gasteiger partial charge in [0.2, 0.25) is 17.6 Å². The highest BCUT2D eigenvalue weighted by Crippen LogP contribution is 2.35. The molecule has 1 heterocycles. The van der Waals surface area contributed by atoms with E-state index in [9.17, 15) is 24.0 Å². The molecule has 12 heteroatoms. The van der Waals surface area contributed by atoms with Gasteiger partial charge in [-0.3, -0.25) is 19.2 Å². The maximum atomic E-state index is 14.2. The fourth-order valence-electron chi connectivity index (χ4n) is 6.25. The number of nitrogens with two attached hydrogens (primary N) is 1. The fraction of sp³-hybridized carbons (Fsp3) is 0.781. The lowest BCUT2D eigenvalue weighted by molar-refractivity contribution is -0.143. The number of ketones is 1. The van der Waals surface area contributed by atoms with Gasteiger partial charge in [-0.2, -0.15) is 0 Å². The van der Waals surface area contributed by atoms with Crippen molar-refractivity contribution < 1.29 is 33.4 Å². The number of urea groups is 1. The van der Waals surface area contributed by atoms with Gasteiger partial charge in [0.05, 0.1) is 19.2 Å². The summed E-state index contributed by atoms with van der Waals surface area (Å²) < 4.78 is 10.6. The molecule has 12 nitrogen and oxygen atoms in total. The van der Waals surface area contributed by atoms with Crippen LogP contribution in [-0.2, 0) is 28.7 Å². The molecule has 0 aromatic rings. The Hall–Kier alpha value is -3.31. The van der Waals surface area contributed by atoms with Crippen LogP contribution in [-0.4, -0.2) is 78.9 Å². The van der Waals surface area contributed by atoms with E-state index in [1.165, 1.54) is 12.0 Å². The average Bonchev–Trinajstić information content (AvgIpc) is 3.40. The van der Waals surface area contributed by atoms with Gasteiger partial charge in [0.25, 0.3) is 11.9 Å². The Labute approximate surface area is 261 Å². The molecule has 3 unspecified atom stereocenters. The molecule has 0 bridgehead atoms. The number of nitrogens with zero attached hydrogens (tertiary/aromatic N) is 1. The molecule has 44 heavy (non-hydrogen) atoms. The van der Waals surface area contributed by atoms with Gasteiger partial charge in [-0.15, -0.1) is 0 Å². The first kappa shape index (κ1) is 35.2. The second kappa shape index (κ2) is 15.1. The molecule has 5 atom stereocenters. The van der Waals surface area contributed by atoms with Crippen molar-refractivity contribution in [2.24, 2.45) is 34.8 Å². The number of methoxy groups -OCH3 is 1. The SMILES string of the molecule is C=C(OC)OC[C@@H](NC(=O)NC(C(=O)N1C[C@H](C(C)C)CC1C(=O)NC(CC1CC1)C(=O)C(N)=O)C(C)(C)C)C1CCCC1. The molecule has 2 aliphatic carbocycles. The highest BCUT2D eigenvalue weighted by molar-refractivity contribution is 6.37. The molecule has 3 aliphatic rings. The summed E-state index contributed by atoms with van der Waals surface area (Å²) in [6.07, 6.45) is 6.66. The molecule has 0 spiro atoms. The third-order valence-electron chi connectivity index (χ3n) is 9.33. The Balaban J connectivity index is 1.78. The van der Waals surface area contributed by atoms with Gasteiger partial charge < -0.3 is 36.1 Å². The topological polar surface area (TPSA) is 169 Å². The number of ether oxygens (including phenoxy) is 2. The molecule has 0 aromatic carbocycles. The number of Topliss-reactive ketones (excluding diaryl/α,β-unsaturated/α-hetero) is 1. The van der Waals surface area contributed by atoms with Crippen molar-refractivity contribution in [3.8, 4) is 0 Å². The van der Waals surface area contributed by atoms with Crippen LogP contribution in [0.4, 0.5) is 4.79 Å². The molecule has 3 fully saturated rings. The van der Waals surface area contributed by atoms with Crippen LogP contribution in [0.5, 0.6) is 0 Å². The number of hydrogen-bond donors (Lipinski definition) is 4. The first-order chi connectivity index (χ1) is 20.6. The number of rotatable bonds is 15. The van der Waals surface area contributed by atoms with Crippen molar-refractivity contribution in [1.29, 1.82) is 0 Å². The van der Waals surface area contributed by atoms with Gasteiger partial charge in [-0.25, -0.2) is 4.79 Å². The van der Waals surface area contributed by atoms with Crippen molar-refractivity contribution >= 4 is 29.5 Å². The van der Waals surface area contributed by atoms with Crippen molar-refractivity contribution in [1.82, 2.24) is 20.9 Å². The number of carbonyl (C=O) groups excluding carboxylic acids is 5. The summed E-state index contributed by atoms with van der Waals surface area (Å²) in [6.45, 7) is 13.9. The van der Waals surface area contributed by atoms with Crippen LogP contribution in [0.2, 0.25) is 0 Å². The molecule has 0 radical (unpaired) electrons. The Morgan fingerprint density at radius 2 is 1.61 bits per heavy atom. The Morgan fingerprint density at radius 1 is 0.977 bits per heavy atom. The molecule has 2 saturated carbocycles. The number of nitrogens with one attached hydrogen (secondary N) is 3. The molecule has 248 valence electrons. The van der Waals surface area contributed by atoms with E-state index in [1.54, 1.807) is 0 Å². The first-order valence-electron chi connectivity index (χ1n) is 16.0. The predicted octanol–water partition coefficient (Wildman–Crippen LogP) is 2.61. The van der Waals surface area contributed by atoms with Crippen LogP contribution in [0.15, 0.2) is 12.5 Å². The maximum Gasteiger partial charge on any atom is 0.315 e. The average molecular weight is 620 g/mol. The molecule has 3 rings (SSSR count). The Kier molecular flexibility index (Phi) is 12.1. The number of likely N-dealkylation sites (tertiary alicyclic amines) is 1. The summed E-state index contributed by atoms with van der Waals surface area (Å²) in [5.74, 6) is -1.92. The van der Waals surface area contributed by atoms with Gasteiger partial charge in [-0.1, -0.05) is 60.3 Å². The minimum absolute atomic E-state index is 0.0376.